The second kappa shape index (κ2) is 5.81. The van der Waals surface area contributed by atoms with Crippen molar-refractivity contribution in [2.75, 3.05) is 0 Å². The fourth-order valence-corrected chi connectivity index (χ4v) is 2.55. The van der Waals surface area contributed by atoms with Crippen LogP contribution in [0.15, 0.2) is 18.2 Å². The number of carbonyl (C=O) groups is 1. The number of hydrogen-bond donors (Lipinski definition) is 1. The Hall–Kier alpha value is -0.930. The van der Waals surface area contributed by atoms with Gasteiger partial charge in [-0.1, -0.05) is 17.7 Å². The minimum Gasteiger partial charge on any atom is -0.328 e. The third-order valence-corrected chi connectivity index (χ3v) is 3.90. The molecule has 18 heavy (non-hydrogen) atoms. The molecule has 1 aromatic carbocycles. The summed E-state index contributed by atoms with van der Waals surface area (Å²) in [5.41, 5.74) is 6.50. The number of carbonyl (C=O) groups excluding carboxylic acids is 1. The Bertz CT molecular complexity index is 441. The minimum atomic E-state index is -0.465. The van der Waals surface area contributed by atoms with E-state index in [1.807, 2.05) is 0 Å². The lowest BCUT2D eigenvalue weighted by atomic mass is 9.82. The fourth-order valence-electron chi connectivity index (χ4n) is 2.44. The van der Waals surface area contributed by atoms with Crippen molar-refractivity contribution in [2.45, 2.75) is 38.1 Å². The lowest BCUT2D eigenvalue weighted by Crippen LogP contribution is -2.30. The molecular formula is C14H17ClFNO. The van der Waals surface area contributed by atoms with E-state index in [0.717, 1.165) is 25.7 Å². The molecule has 0 spiro atoms. The maximum Gasteiger partial charge on any atom is 0.142 e. The molecule has 0 atom stereocenters. The number of hydrogen-bond acceptors (Lipinski definition) is 2. The van der Waals surface area contributed by atoms with Crippen LogP contribution in [0.5, 0.6) is 0 Å². The van der Waals surface area contributed by atoms with Gasteiger partial charge in [-0.15, -0.1) is 0 Å². The molecule has 1 fully saturated rings. The van der Waals surface area contributed by atoms with Crippen LogP contribution in [-0.2, 0) is 11.2 Å². The lowest BCUT2D eigenvalue weighted by Gasteiger charge is -2.24. The van der Waals surface area contributed by atoms with Crippen LogP contribution < -0.4 is 5.73 Å². The highest BCUT2D eigenvalue weighted by molar-refractivity contribution is 6.30. The number of benzene rings is 1. The van der Waals surface area contributed by atoms with E-state index in [1.54, 1.807) is 6.07 Å². The molecule has 0 radical (unpaired) electrons. The normalized spacial score (nSPS) is 23.9. The summed E-state index contributed by atoms with van der Waals surface area (Å²) in [7, 11) is 0. The molecule has 0 unspecified atom stereocenters. The summed E-state index contributed by atoms with van der Waals surface area (Å²) in [5, 5.41) is 0.0924. The highest BCUT2D eigenvalue weighted by Gasteiger charge is 2.24. The van der Waals surface area contributed by atoms with Crippen molar-refractivity contribution in [3.05, 3.63) is 34.6 Å². The number of ketones is 1. The molecule has 1 saturated carbocycles. The largest absolute Gasteiger partial charge is 0.328 e. The number of halogens is 2. The van der Waals surface area contributed by atoms with Crippen LogP contribution in [0.4, 0.5) is 4.39 Å². The monoisotopic (exact) mass is 269 g/mol. The van der Waals surface area contributed by atoms with Crippen LogP contribution in [-0.4, -0.2) is 11.8 Å². The fraction of sp³-hybridized carbons (Fsp3) is 0.500. The Morgan fingerprint density at radius 2 is 2.00 bits per heavy atom. The molecule has 1 aliphatic carbocycles. The zero-order chi connectivity index (χ0) is 13.1. The molecule has 2 N–H and O–H groups in total. The SMILES string of the molecule is NC1CCC(C(=O)Cc2ccc(Cl)c(F)c2)CC1. The van der Waals surface area contributed by atoms with Crippen molar-refractivity contribution in [3.8, 4) is 0 Å². The molecule has 0 amide bonds. The van der Waals surface area contributed by atoms with Crippen molar-refractivity contribution in [3.63, 3.8) is 0 Å². The van der Waals surface area contributed by atoms with Gasteiger partial charge in [-0.3, -0.25) is 4.79 Å². The van der Waals surface area contributed by atoms with E-state index in [0.29, 0.717) is 5.56 Å². The third-order valence-electron chi connectivity index (χ3n) is 3.59. The molecule has 98 valence electrons. The van der Waals surface area contributed by atoms with Crippen molar-refractivity contribution < 1.29 is 9.18 Å². The summed E-state index contributed by atoms with van der Waals surface area (Å²) < 4.78 is 13.3. The summed E-state index contributed by atoms with van der Waals surface area (Å²) in [4.78, 5) is 12.1. The topological polar surface area (TPSA) is 43.1 Å². The van der Waals surface area contributed by atoms with E-state index >= 15 is 0 Å². The van der Waals surface area contributed by atoms with Crippen molar-refractivity contribution in [2.24, 2.45) is 11.7 Å². The van der Waals surface area contributed by atoms with Gasteiger partial charge in [-0.25, -0.2) is 4.39 Å². The van der Waals surface area contributed by atoms with Gasteiger partial charge in [-0.05, 0) is 43.4 Å². The highest BCUT2D eigenvalue weighted by Crippen LogP contribution is 2.25. The quantitative estimate of drug-likeness (QED) is 0.916. The van der Waals surface area contributed by atoms with Crippen molar-refractivity contribution in [1.29, 1.82) is 0 Å². The molecule has 0 heterocycles. The Labute approximate surface area is 111 Å². The molecule has 1 aromatic rings. The Kier molecular flexibility index (Phi) is 4.36. The molecule has 0 aliphatic heterocycles. The average Bonchev–Trinajstić information content (AvgIpc) is 2.34. The number of rotatable bonds is 3. The van der Waals surface area contributed by atoms with E-state index in [2.05, 4.69) is 0 Å². The Morgan fingerprint density at radius 1 is 1.33 bits per heavy atom. The minimum absolute atomic E-state index is 0.0866. The van der Waals surface area contributed by atoms with Crippen LogP contribution in [0.3, 0.4) is 0 Å². The first-order valence-corrected chi connectivity index (χ1v) is 6.66. The summed E-state index contributed by atoms with van der Waals surface area (Å²) in [5.74, 6) is -0.195. The van der Waals surface area contributed by atoms with Crippen molar-refractivity contribution >= 4 is 17.4 Å². The zero-order valence-electron chi connectivity index (χ0n) is 10.2. The standard InChI is InChI=1S/C14H17ClFNO/c15-12-6-1-9(7-13(12)16)8-14(18)10-2-4-11(17)5-3-10/h1,6-7,10-11H,2-5,8,17H2. The van der Waals surface area contributed by atoms with Gasteiger partial charge in [0.15, 0.2) is 0 Å². The smallest absolute Gasteiger partial charge is 0.142 e. The maximum atomic E-state index is 13.3. The first kappa shape index (κ1) is 13.5. The summed E-state index contributed by atoms with van der Waals surface area (Å²) >= 11 is 5.61. The Morgan fingerprint density at radius 3 is 2.61 bits per heavy atom. The van der Waals surface area contributed by atoms with Crippen LogP contribution in [0.1, 0.15) is 31.2 Å². The van der Waals surface area contributed by atoms with E-state index in [4.69, 9.17) is 17.3 Å². The van der Waals surface area contributed by atoms with Gasteiger partial charge in [0, 0.05) is 18.4 Å². The molecule has 0 bridgehead atoms. The van der Waals surface area contributed by atoms with E-state index in [1.165, 1.54) is 12.1 Å². The Balaban J connectivity index is 1.96. The summed E-state index contributed by atoms with van der Waals surface area (Å²) in [6.45, 7) is 0. The predicted octanol–water partition coefficient (Wildman–Crippen LogP) is 3.11. The summed E-state index contributed by atoms with van der Waals surface area (Å²) in [6.07, 6.45) is 3.82. The van der Waals surface area contributed by atoms with E-state index < -0.39 is 5.82 Å². The van der Waals surface area contributed by atoms with E-state index in [9.17, 15) is 9.18 Å². The lowest BCUT2D eigenvalue weighted by molar-refractivity contribution is -0.123. The highest BCUT2D eigenvalue weighted by atomic mass is 35.5. The van der Waals surface area contributed by atoms with Gasteiger partial charge < -0.3 is 5.73 Å². The molecule has 2 rings (SSSR count). The second-order valence-electron chi connectivity index (χ2n) is 5.00. The molecular weight excluding hydrogens is 253 g/mol. The average molecular weight is 270 g/mol. The van der Waals surface area contributed by atoms with Crippen LogP contribution in [0.25, 0.3) is 0 Å². The van der Waals surface area contributed by atoms with Gasteiger partial charge in [0.1, 0.15) is 11.6 Å². The molecule has 0 saturated heterocycles. The zero-order valence-corrected chi connectivity index (χ0v) is 10.9. The molecule has 4 heteroatoms. The van der Waals surface area contributed by atoms with Gasteiger partial charge in [0.2, 0.25) is 0 Å². The maximum absolute atomic E-state index is 13.3. The second-order valence-corrected chi connectivity index (χ2v) is 5.41. The third kappa shape index (κ3) is 3.30. The van der Waals surface area contributed by atoms with Crippen LogP contribution in [0.2, 0.25) is 5.02 Å². The molecule has 2 nitrogen and oxygen atoms in total. The van der Waals surface area contributed by atoms with Gasteiger partial charge in [0.25, 0.3) is 0 Å². The van der Waals surface area contributed by atoms with Gasteiger partial charge in [-0.2, -0.15) is 0 Å². The van der Waals surface area contributed by atoms with Crippen LogP contribution >= 0.6 is 11.6 Å². The molecule has 1 aliphatic rings. The van der Waals surface area contributed by atoms with Gasteiger partial charge in [0.05, 0.1) is 5.02 Å². The van der Waals surface area contributed by atoms with E-state index in [-0.39, 0.29) is 29.2 Å². The number of nitrogens with two attached hydrogens (primary N) is 1. The molecule has 0 aromatic heterocycles. The first-order chi connectivity index (χ1) is 8.56. The predicted molar refractivity (Wildman–Crippen MR) is 70.1 cm³/mol. The summed E-state index contributed by atoms with van der Waals surface area (Å²) in [6, 6.07) is 4.78. The van der Waals surface area contributed by atoms with Crippen LogP contribution in [0, 0.1) is 11.7 Å². The number of Topliss-reactive ketones (excluding diaryl/α,β-unsaturated/α-hetero) is 1. The van der Waals surface area contributed by atoms with Crippen molar-refractivity contribution in [1.82, 2.24) is 0 Å². The van der Waals surface area contributed by atoms with Gasteiger partial charge >= 0.3 is 0 Å². The first-order valence-electron chi connectivity index (χ1n) is 6.28.